The molecule has 1 N–H and O–H groups in total. The predicted octanol–water partition coefficient (Wildman–Crippen LogP) is 1.86. The predicted molar refractivity (Wildman–Crippen MR) is 87.3 cm³/mol. The number of carbonyl (C=O) groups excluding carboxylic acids is 1. The third-order valence-electron chi connectivity index (χ3n) is 4.38. The van der Waals surface area contributed by atoms with E-state index >= 15 is 0 Å². The maximum absolute atomic E-state index is 12.2. The van der Waals surface area contributed by atoms with Crippen molar-refractivity contribution in [1.82, 2.24) is 24.6 Å². The molecule has 7 nitrogen and oxygen atoms in total. The van der Waals surface area contributed by atoms with Crippen LogP contribution in [-0.4, -0.2) is 43.6 Å². The van der Waals surface area contributed by atoms with E-state index in [0.717, 1.165) is 17.0 Å². The van der Waals surface area contributed by atoms with E-state index in [1.165, 1.54) is 12.4 Å². The Morgan fingerprint density at radius 1 is 1.26 bits per heavy atom. The van der Waals surface area contributed by atoms with Gasteiger partial charge in [-0.2, -0.15) is 5.10 Å². The van der Waals surface area contributed by atoms with E-state index in [1.54, 1.807) is 4.90 Å². The van der Waals surface area contributed by atoms with Gasteiger partial charge in [0.2, 0.25) is 11.9 Å². The number of hydrogen-bond donors (Lipinski definition) is 1. The van der Waals surface area contributed by atoms with Crippen LogP contribution in [0, 0.1) is 13.8 Å². The smallest absolute Gasteiger partial charge is 0.225 e. The summed E-state index contributed by atoms with van der Waals surface area (Å²) in [5, 5.41) is 8.21. The number of nitrogens with zero attached hydrogens (tertiary/aromatic N) is 5. The lowest BCUT2D eigenvalue weighted by molar-refractivity contribution is -0.127. The van der Waals surface area contributed by atoms with Gasteiger partial charge in [0.1, 0.15) is 0 Å². The number of aromatic nitrogens is 4. The molecule has 8 heteroatoms. The van der Waals surface area contributed by atoms with E-state index in [4.69, 9.17) is 11.6 Å². The van der Waals surface area contributed by atoms with E-state index in [-0.39, 0.29) is 18.0 Å². The molecule has 2 aromatic rings. The van der Waals surface area contributed by atoms with Crippen molar-refractivity contribution >= 4 is 23.5 Å². The van der Waals surface area contributed by atoms with Crippen LogP contribution >= 0.6 is 11.6 Å². The molecule has 0 bridgehead atoms. The zero-order valence-corrected chi connectivity index (χ0v) is 14.3. The number of likely N-dealkylation sites (tertiary alicyclic amines) is 1. The Kier molecular flexibility index (Phi) is 3.97. The monoisotopic (exact) mass is 334 g/mol. The Balaban J connectivity index is 1.95. The minimum absolute atomic E-state index is 0.0871. The molecule has 1 amide bonds. The number of hydrogen-bond acceptors (Lipinski definition) is 5. The molecule has 2 atom stereocenters. The first-order valence-electron chi connectivity index (χ1n) is 7.38. The first kappa shape index (κ1) is 15.7. The number of likely N-dealkylation sites (N-methyl/N-ethyl adjacent to an activating group) is 1. The van der Waals surface area contributed by atoms with Crippen molar-refractivity contribution in [1.29, 1.82) is 0 Å². The summed E-state index contributed by atoms with van der Waals surface area (Å²) in [6.45, 7) is 3.98. The van der Waals surface area contributed by atoms with Crippen molar-refractivity contribution in [2.45, 2.75) is 32.4 Å². The Hall–Kier alpha value is -2.15. The molecular weight excluding hydrogens is 316 g/mol. The first-order valence-corrected chi connectivity index (χ1v) is 7.76. The average Bonchev–Trinajstić information content (AvgIpc) is 2.90. The van der Waals surface area contributed by atoms with Crippen LogP contribution in [0.15, 0.2) is 12.4 Å². The number of halogens is 1. The Bertz CT molecular complexity index is 741. The van der Waals surface area contributed by atoms with Gasteiger partial charge < -0.3 is 10.2 Å². The standard InChI is InChI=1S/C15H19ClN6O/c1-8-13(9(2)22(4)20-8)14-11(5-12(23)21(14)3)19-15-17-6-10(16)7-18-15/h6-7,11,14H,5H2,1-4H3,(H,17,18,19)/t11-,14-/m1/s1. The van der Waals surface area contributed by atoms with E-state index in [0.29, 0.717) is 17.4 Å². The van der Waals surface area contributed by atoms with Gasteiger partial charge >= 0.3 is 0 Å². The third-order valence-corrected chi connectivity index (χ3v) is 4.58. The highest BCUT2D eigenvalue weighted by Crippen LogP contribution is 2.36. The molecule has 0 unspecified atom stereocenters. The van der Waals surface area contributed by atoms with Crippen LogP contribution in [0.5, 0.6) is 0 Å². The van der Waals surface area contributed by atoms with Gasteiger partial charge in [0.25, 0.3) is 0 Å². The molecule has 1 fully saturated rings. The number of nitrogens with one attached hydrogen (secondary N) is 1. The van der Waals surface area contributed by atoms with Crippen molar-refractivity contribution in [3.63, 3.8) is 0 Å². The molecule has 3 heterocycles. The molecule has 0 aliphatic carbocycles. The minimum Gasteiger partial charge on any atom is -0.349 e. The molecule has 1 aliphatic rings. The molecule has 0 spiro atoms. The molecule has 23 heavy (non-hydrogen) atoms. The fourth-order valence-electron chi connectivity index (χ4n) is 3.16. The Morgan fingerprint density at radius 3 is 2.48 bits per heavy atom. The van der Waals surface area contributed by atoms with Crippen LogP contribution in [-0.2, 0) is 11.8 Å². The summed E-state index contributed by atoms with van der Waals surface area (Å²) in [4.78, 5) is 22.3. The fraction of sp³-hybridized carbons (Fsp3) is 0.467. The van der Waals surface area contributed by atoms with Gasteiger partial charge in [0.15, 0.2) is 0 Å². The number of rotatable bonds is 3. The van der Waals surface area contributed by atoms with Gasteiger partial charge in [0, 0.05) is 31.8 Å². The first-order chi connectivity index (χ1) is 10.9. The Labute approximate surface area is 139 Å². The minimum atomic E-state index is -0.115. The van der Waals surface area contributed by atoms with E-state index < -0.39 is 0 Å². The molecule has 2 aromatic heterocycles. The van der Waals surface area contributed by atoms with Crippen LogP contribution in [0.2, 0.25) is 5.02 Å². The van der Waals surface area contributed by atoms with Crippen LogP contribution < -0.4 is 5.32 Å². The summed E-state index contributed by atoms with van der Waals surface area (Å²) in [5.74, 6) is 0.552. The average molecular weight is 335 g/mol. The molecule has 0 aromatic carbocycles. The summed E-state index contributed by atoms with van der Waals surface area (Å²) in [5.41, 5.74) is 3.06. The highest BCUT2D eigenvalue weighted by molar-refractivity contribution is 6.30. The largest absolute Gasteiger partial charge is 0.349 e. The molecule has 122 valence electrons. The number of anilines is 1. The zero-order chi connectivity index (χ0) is 16.7. The lowest BCUT2D eigenvalue weighted by Crippen LogP contribution is -2.31. The zero-order valence-electron chi connectivity index (χ0n) is 13.5. The van der Waals surface area contributed by atoms with Gasteiger partial charge in [0.05, 0.1) is 35.2 Å². The topological polar surface area (TPSA) is 75.9 Å². The maximum atomic E-state index is 12.2. The summed E-state index contributed by atoms with van der Waals surface area (Å²) >= 11 is 5.82. The summed E-state index contributed by atoms with van der Waals surface area (Å²) in [6, 6.07) is -0.217. The van der Waals surface area contributed by atoms with Gasteiger partial charge in [-0.25, -0.2) is 9.97 Å². The normalized spacial score (nSPS) is 21.1. The van der Waals surface area contributed by atoms with Crippen LogP contribution in [0.3, 0.4) is 0 Å². The summed E-state index contributed by atoms with van der Waals surface area (Å²) < 4.78 is 1.84. The van der Waals surface area contributed by atoms with E-state index in [2.05, 4.69) is 20.4 Å². The highest BCUT2D eigenvalue weighted by Gasteiger charge is 2.41. The van der Waals surface area contributed by atoms with Gasteiger partial charge in [-0.1, -0.05) is 11.6 Å². The number of carbonyl (C=O) groups is 1. The molecule has 0 saturated carbocycles. The quantitative estimate of drug-likeness (QED) is 0.927. The second kappa shape index (κ2) is 5.81. The van der Waals surface area contributed by atoms with Crippen LogP contribution in [0.25, 0.3) is 0 Å². The number of aryl methyl sites for hydroxylation is 2. The molecule has 3 rings (SSSR count). The fourth-order valence-corrected chi connectivity index (χ4v) is 3.26. The Morgan fingerprint density at radius 2 is 1.91 bits per heavy atom. The van der Waals surface area contributed by atoms with E-state index in [9.17, 15) is 4.79 Å². The molecular formula is C15H19ClN6O. The van der Waals surface area contributed by atoms with Gasteiger partial charge in [-0.15, -0.1) is 0 Å². The van der Waals surface area contributed by atoms with Gasteiger partial charge in [-0.05, 0) is 13.8 Å². The van der Waals surface area contributed by atoms with Crippen molar-refractivity contribution in [2.24, 2.45) is 7.05 Å². The summed E-state index contributed by atoms with van der Waals surface area (Å²) in [6.07, 6.45) is 3.46. The molecule has 1 saturated heterocycles. The summed E-state index contributed by atoms with van der Waals surface area (Å²) in [7, 11) is 3.73. The van der Waals surface area contributed by atoms with Crippen molar-refractivity contribution in [3.05, 3.63) is 34.4 Å². The SMILES string of the molecule is Cc1nn(C)c(C)c1[C@H]1[C@H](Nc2ncc(Cl)cn2)CC(=O)N1C. The van der Waals surface area contributed by atoms with Gasteiger partial charge in [-0.3, -0.25) is 9.48 Å². The van der Waals surface area contributed by atoms with Crippen LogP contribution in [0.4, 0.5) is 5.95 Å². The maximum Gasteiger partial charge on any atom is 0.225 e. The highest BCUT2D eigenvalue weighted by atomic mass is 35.5. The van der Waals surface area contributed by atoms with E-state index in [1.807, 2.05) is 32.6 Å². The molecule has 1 aliphatic heterocycles. The van der Waals surface area contributed by atoms with Crippen molar-refractivity contribution in [3.8, 4) is 0 Å². The van der Waals surface area contributed by atoms with Crippen molar-refractivity contribution < 1.29 is 4.79 Å². The third kappa shape index (κ3) is 2.76. The second-order valence-corrected chi connectivity index (χ2v) is 6.27. The molecule has 0 radical (unpaired) electrons. The number of amides is 1. The van der Waals surface area contributed by atoms with Crippen molar-refractivity contribution in [2.75, 3.05) is 12.4 Å². The van der Waals surface area contributed by atoms with Crippen LogP contribution in [0.1, 0.15) is 29.4 Å². The lowest BCUT2D eigenvalue weighted by atomic mass is 9.98. The second-order valence-electron chi connectivity index (χ2n) is 5.84. The lowest BCUT2D eigenvalue weighted by Gasteiger charge is -2.26.